The first-order valence-electron chi connectivity index (χ1n) is 9.32. The number of guanidine groups is 1. The van der Waals surface area contributed by atoms with Gasteiger partial charge in [0.05, 0.1) is 0 Å². The molecule has 0 saturated carbocycles. The van der Waals surface area contributed by atoms with Crippen LogP contribution in [0.1, 0.15) is 45.4 Å². The molecule has 0 radical (unpaired) electrons. The van der Waals surface area contributed by atoms with Crippen molar-refractivity contribution in [2.75, 3.05) is 52.4 Å². The SMILES string of the molecule is CCNC(=NCCCN1CCCC1=O)NCCCN1CCCC1. The second-order valence-corrected chi connectivity index (χ2v) is 6.43. The maximum atomic E-state index is 11.5. The number of nitrogens with one attached hydrogen (secondary N) is 2. The fraction of sp³-hybridized carbons (Fsp3) is 0.882. The Hall–Kier alpha value is -1.30. The van der Waals surface area contributed by atoms with Crippen molar-refractivity contribution in [1.82, 2.24) is 20.4 Å². The van der Waals surface area contributed by atoms with E-state index < -0.39 is 0 Å². The Labute approximate surface area is 140 Å². The Morgan fingerprint density at radius 1 is 1.09 bits per heavy atom. The average molecular weight is 323 g/mol. The van der Waals surface area contributed by atoms with E-state index in [2.05, 4.69) is 27.4 Å². The molecule has 6 heteroatoms. The first-order chi connectivity index (χ1) is 11.3. The molecule has 0 bridgehead atoms. The van der Waals surface area contributed by atoms with Crippen LogP contribution in [0.4, 0.5) is 0 Å². The number of rotatable bonds is 9. The summed E-state index contributed by atoms with van der Waals surface area (Å²) in [6, 6.07) is 0. The van der Waals surface area contributed by atoms with Gasteiger partial charge in [-0.25, -0.2) is 0 Å². The first-order valence-corrected chi connectivity index (χ1v) is 9.32. The molecular formula is C17H33N5O. The molecule has 1 amide bonds. The molecule has 0 spiro atoms. The summed E-state index contributed by atoms with van der Waals surface area (Å²) in [4.78, 5) is 20.7. The number of aliphatic imine (C=N–C) groups is 1. The lowest BCUT2D eigenvalue weighted by atomic mass is 10.4. The fourth-order valence-electron chi connectivity index (χ4n) is 3.25. The minimum Gasteiger partial charge on any atom is -0.357 e. The molecule has 0 aromatic rings. The van der Waals surface area contributed by atoms with Gasteiger partial charge >= 0.3 is 0 Å². The monoisotopic (exact) mass is 323 g/mol. The van der Waals surface area contributed by atoms with Gasteiger partial charge in [-0.05, 0) is 58.7 Å². The third-order valence-electron chi connectivity index (χ3n) is 4.51. The summed E-state index contributed by atoms with van der Waals surface area (Å²) in [7, 11) is 0. The topological polar surface area (TPSA) is 60.0 Å². The third-order valence-corrected chi connectivity index (χ3v) is 4.51. The zero-order valence-electron chi connectivity index (χ0n) is 14.6. The summed E-state index contributed by atoms with van der Waals surface area (Å²) in [5, 5.41) is 6.71. The van der Waals surface area contributed by atoms with E-state index >= 15 is 0 Å². The van der Waals surface area contributed by atoms with Crippen LogP contribution in [0.2, 0.25) is 0 Å². The minimum atomic E-state index is 0.306. The van der Waals surface area contributed by atoms with Crippen molar-refractivity contribution >= 4 is 11.9 Å². The number of hydrogen-bond donors (Lipinski definition) is 2. The zero-order chi connectivity index (χ0) is 16.3. The Bertz CT molecular complexity index is 379. The summed E-state index contributed by atoms with van der Waals surface area (Å²) >= 11 is 0. The number of nitrogens with zero attached hydrogens (tertiary/aromatic N) is 3. The average Bonchev–Trinajstić information content (AvgIpc) is 3.20. The van der Waals surface area contributed by atoms with Crippen molar-refractivity contribution in [3.05, 3.63) is 0 Å². The van der Waals surface area contributed by atoms with Crippen LogP contribution < -0.4 is 10.6 Å². The number of amides is 1. The van der Waals surface area contributed by atoms with Crippen LogP contribution >= 0.6 is 0 Å². The second-order valence-electron chi connectivity index (χ2n) is 6.43. The van der Waals surface area contributed by atoms with Crippen molar-refractivity contribution in [2.45, 2.75) is 45.4 Å². The fourth-order valence-corrected chi connectivity index (χ4v) is 3.25. The van der Waals surface area contributed by atoms with E-state index in [4.69, 9.17) is 0 Å². The Morgan fingerprint density at radius 2 is 1.91 bits per heavy atom. The third kappa shape index (κ3) is 6.77. The van der Waals surface area contributed by atoms with Gasteiger partial charge in [0.15, 0.2) is 5.96 Å². The number of likely N-dealkylation sites (tertiary alicyclic amines) is 2. The standard InChI is InChI=1S/C17H33N5O/c1-2-18-17(19-9-6-13-21-11-3-4-12-21)20-10-7-15-22-14-5-8-16(22)23/h2-15H2,1H3,(H2,18,19,20). The summed E-state index contributed by atoms with van der Waals surface area (Å²) in [6.45, 7) is 10.2. The van der Waals surface area contributed by atoms with E-state index in [1.165, 1.54) is 32.5 Å². The normalized spacial score (nSPS) is 19.6. The Balaban J connectivity index is 1.58. The van der Waals surface area contributed by atoms with Crippen LogP contribution in [0.15, 0.2) is 4.99 Å². The van der Waals surface area contributed by atoms with Crippen LogP contribution in [0.25, 0.3) is 0 Å². The van der Waals surface area contributed by atoms with E-state index in [0.29, 0.717) is 5.91 Å². The molecule has 0 aliphatic carbocycles. The van der Waals surface area contributed by atoms with Gasteiger partial charge in [-0.2, -0.15) is 0 Å². The lowest BCUT2D eigenvalue weighted by Gasteiger charge is -2.16. The van der Waals surface area contributed by atoms with Gasteiger partial charge in [0.25, 0.3) is 0 Å². The van der Waals surface area contributed by atoms with Crippen molar-refractivity contribution in [1.29, 1.82) is 0 Å². The summed E-state index contributed by atoms with van der Waals surface area (Å²) in [6.07, 6.45) is 6.56. The predicted molar refractivity (Wildman–Crippen MR) is 94.7 cm³/mol. The van der Waals surface area contributed by atoms with Crippen molar-refractivity contribution in [3.63, 3.8) is 0 Å². The van der Waals surface area contributed by atoms with Crippen molar-refractivity contribution < 1.29 is 4.79 Å². The van der Waals surface area contributed by atoms with Crippen molar-refractivity contribution in [2.24, 2.45) is 4.99 Å². The van der Waals surface area contributed by atoms with Crippen LogP contribution in [-0.4, -0.2) is 74.0 Å². The van der Waals surface area contributed by atoms with E-state index in [1.807, 2.05) is 4.90 Å². The van der Waals surface area contributed by atoms with E-state index in [-0.39, 0.29) is 0 Å². The minimum absolute atomic E-state index is 0.306. The molecule has 2 heterocycles. The molecule has 2 fully saturated rings. The smallest absolute Gasteiger partial charge is 0.222 e. The molecule has 2 aliphatic rings. The van der Waals surface area contributed by atoms with Crippen LogP contribution in [0.5, 0.6) is 0 Å². The number of carbonyl (C=O) groups is 1. The van der Waals surface area contributed by atoms with E-state index in [0.717, 1.165) is 64.4 Å². The maximum absolute atomic E-state index is 11.5. The molecule has 2 N–H and O–H groups in total. The highest BCUT2D eigenvalue weighted by Crippen LogP contribution is 2.09. The largest absolute Gasteiger partial charge is 0.357 e. The molecule has 0 atom stereocenters. The van der Waals surface area contributed by atoms with Gasteiger partial charge in [0, 0.05) is 39.1 Å². The Morgan fingerprint density at radius 3 is 2.61 bits per heavy atom. The maximum Gasteiger partial charge on any atom is 0.222 e. The lowest BCUT2D eigenvalue weighted by molar-refractivity contribution is -0.127. The van der Waals surface area contributed by atoms with E-state index in [9.17, 15) is 4.79 Å². The molecule has 0 unspecified atom stereocenters. The molecule has 2 aliphatic heterocycles. The zero-order valence-corrected chi connectivity index (χ0v) is 14.6. The second kappa shape index (κ2) is 10.5. The molecule has 23 heavy (non-hydrogen) atoms. The van der Waals surface area contributed by atoms with Gasteiger partial charge in [-0.3, -0.25) is 9.79 Å². The van der Waals surface area contributed by atoms with Gasteiger partial charge < -0.3 is 20.4 Å². The Kier molecular flexibility index (Phi) is 8.21. The summed E-state index contributed by atoms with van der Waals surface area (Å²) in [5.41, 5.74) is 0. The molecule has 2 saturated heterocycles. The van der Waals surface area contributed by atoms with Crippen LogP contribution in [-0.2, 0) is 4.79 Å². The molecule has 0 aromatic carbocycles. The first kappa shape index (κ1) is 18.0. The number of carbonyl (C=O) groups excluding carboxylic acids is 1. The highest BCUT2D eigenvalue weighted by molar-refractivity contribution is 5.79. The highest BCUT2D eigenvalue weighted by Gasteiger charge is 2.18. The highest BCUT2D eigenvalue weighted by atomic mass is 16.2. The molecule has 2 rings (SSSR count). The van der Waals surface area contributed by atoms with Gasteiger partial charge in [-0.15, -0.1) is 0 Å². The molecule has 0 aromatic heterocycles. The molecule has 6 nitrogen and oxygen atoms in total. The lowest BCUT2D eigenvalue weighted by Crippen LogP contribution is -2.39. The summed E-state index contributed by atoms with van der Waals surface area (Å²) < 4.78 is 0. The molecular weight excluding hydrogens is 290 g/mol. The van der Waals surface area contributed by atoms with Gasteiger partial charge in [0.2, 0.25) is 5.91 Å². The van der Waals surface area contributed by atoms with Crippen LogP contribution in [0.3, 0.4) is 0 Å². The quantitative estimate of drug-likeness (QED) is 0.378. The van der Waals surface area contributed by atoms with Crippen LogP contribution in [0, 0.1) is 0 Å². The van der Waals surface area contributed by atoms with Gasteiger partial charge in [0.1, 0.15) is 0 Å². The number of hydrogen-bond acceptors (Lipinski definition) is 3. The van der Waals surface area contributed by atoms with E-state index in [1.54, 1.807) is 0 Å². The summed E-state index contributed by atoms with van der Waals surface area (Å²) in [5.74, 6) is 1.21. The van der Waals surface area contributed by atoms with Gasteiger partial charge in [-0.1, -0.05) is 0 Å². The predicted octanol–water partition coefficient (Wildman–Crippen LogP) is 1.04. The van der Waals surface area contributed by atoms with Crippen molar-refractivity contribution in [3.8, 4) is 0 Å². The molecule has 132 valence electrons.